The zero-order valence-electron chi connectivity index (χ0n) is 12.7. The van der Waals surface area contributed by atoms with Gasteiger partial charge >= 0.3 is 23.9 Å². The summed E-state index contributed by atoms with van der Waals surface area (Å²) >= 11 is 0. The van der Waals surface area contributed by atoms with Crippen molar-refractivity contribution in [2.45, 2.75) is 0 Å². The topological polar surface area (TPSA) is 168 Å². The van der Waals surface area contributed by atoms with Crippen LogP contribution in [0.15, 0.2) is 36.4 Å². The number of hydrogen-bond acceptors (Lipinski definition) is 6. The minimum Gasteiger partial charge on any atom is -0.478 e. The highest BCUT2D eigenvalue weighted by atomic mass is 17.2. The van der Waals surface area contributed by atoms with Gasteiger partial charge in [-0.15, -0.1) is 0 Å². The summed E-state index contributed by atoms with van der Waals surface area (Å²) in [7, 11) is 0. The first-order valence-corrected chi connectivity index (χ1v) is 6.76. The Morgan fingerprint density at radius 2 is 0.923 bits per heavy atom. The van der Waals surface area contributed by atoms with Crippen LogP contribution in [0.5, 0.6) is 11.5 Å². The van der Waals surface area contributed by atoms with E-state index >= 15 is 0 Å². The lowest BCUT2D eigenvalue weighted by Gasteiger charge is -2.11. The summed E-state index contributed by atoms with van der Waals surface area (Å²) < 4.78 is 0. The molecule has 2 aromatic carbocycles. The molecule has 0 amide bonds. The molecule has 10 heteroatoms. The predicted molar refractivity (Wildman–Crippen MR) is 82.0 cm³/mol. The van der Waals surface area contributed by atoms with E-state index in [1.807, 2.05) is 0 Å². The first-order chi connectivity index (χ1) is 12.2. The van der Waals surface area contributed by atoms with Gasteiger partial charge in [-0.25, -0.2) is 19.2 Å². The van der Waals surface area contributed by atoms with Crippen molar-refractivity contribution in [3.8, 4) is 11.5 Å². The molecule has 2 aromatic rings. The Labute approximate surface area is 144 Å². The summed E-state index contributed by atoms with van der Waals surface area (Å²) in [4.78, 5) is 53.9. The van der Waals surface area contributed by atoms with Crippen LogP contribution in [0.25, 0.3) is 0 Å². The van der Waals surface area contributed by atoms with Crippen molar-refractivity contribution in [3.63, 3.8) is 0 Å². The van der Waals surface area contributed by atoms with Crippen molar-refractivity contribution in [1.82, 2.24) is 0 Å². The van der Waals surface area contributed by atoms with Gasteiger partial charge in [0.2, 0.25) is 0 Å². The van der Waals surface area contributed by atoms with Crippen molar-refractivity contribution in [1.29, 1.82) is 0 Å². The van der Waals surface area contributed by atoms with Crippen LogP contribution in [-0.2, 0) is 0 Å². The Kier molecular flexibility index (Phi) is 5.07. The molecular weight excluding hydrogens is 352 g/mol. The van der Waals surface area contributed by atoms with Crippen LogP contribution in [0.2, 0.25) is 0 Å². The molecule has 0 atom stereocenters. The number of carboxylic acids is 4. The zero-order chi connectivity index (χ0) is 19.4. The third-order valence-corrected chi connectivity index (χ3v) is 3.14. The number of rotatable bonds is 7. The maximum absolute atomic E-state index is 11.2. The molecule has 0 heterocycles. The molecule has 0 spiro atoms. The molecule has 0 fully saturated rings. The number of carbonyl (C=O) groups is 4. The summed E-state index contributed by atoms with van der Waals surface area (Å²) in [6, 6.07) is 5.74. The summed E-state index contributed by atoms with van der Waals surface area (Å²) in [5.41, 5.74) is -1.49. The molecule has 134 valence electrons. The molecule has 10 nitrogen and oxygen atoms in total. The molecule has 0 bridgehead atoms. The quantitative estimate of drug-likeness (QED) is 0.421. The third-order valence-electron chi connectivity index (χ3n) is 3.14. The highest BCUT2D eigenvalue weighted by molar-refractivity contribution is 5.95. The molecule has 26 heavy (non-hydrogen) atoms. The van der Waals surface area contributed by atoms with Gasteiger partial charge in [-0.1, -0.05) is 0 Å². The average molecular weight is 362 g/mol. The lowest BCUT2D eigenvalue weighted by Crippen LogP contribution is -2.11. The second-order valence-corrected chi connectivity index (χ2v) is 4.81. The number of hydrogen-bond donors (Lipinski definition) is 4. The Morgan fingerprint density at radius 1 is 0.577 bits per heavy atom. The van der Waals surface area contributed by atoms with Crippen LogP contribution >= 0.6 is 0 Å². The van der Waals surface area contributed by atoms with E-state index in [-0.39, 0.29) is 11.1 Å². The van der Waals surface area contributed by atoms with Gasteiger partial charge in [-0.2, -0.15) is 0 Å². The molecule has 0 aromatic heterocycles. The van der Waals surface area contributed by atoms with Crippen LogP contribution in [0.3, 0.4) is 0 Å². The summed E-state index contributed by atoms with van der Waals surface area (Å²) in [6.45, 7) is 0. The summed E-state index contributed by atoms with van der Waals surface area (Å²) in [6.07, 6.45) is 0. The Balaban J connectivity index is 2.41. The SMILES string of the molecule is O=C(O)c1ccc(C(=O)O)c(OOc2cc(C(=O)O)ccc2C(=O)O)c1. The van der Waals surface area contributed by atoms with Gasteiger partial charge in [-0.05, 0) is 24.3 Å². The second-order valence-electron chi connectivity index (χ2n) is 4.81. The van der Waals surface area contributed by atoms with Crippen LogP contribution in [0.4, 0.5) is 0 Å². The maximum Gasteiger partial charge on any atom is 0.339 e. The van der Waals surface area contributed by atoms with Crippen LogP contribution in [0.1, 0.15) is 41.4 Å². The smallest absolute Gasteiger partial charge is 0.339 e. The predicted octanol–water partition coefficient (Wildman–Crippen LogP) is 1.85. The van der Waals surface area contributed by atoms with Crippen molar-refractivity contribution in [3.05, 3.63) is 58.7 Å². The Hall–Kier alpha value is -4.08. The second kappa shape index (κ2) is 7.21. The zero-order valence-corrected chi connectivity index (χ0v) is 12.7. The van der Waals surface area contributed by atoms with Crippen LogP contribution < -0.4 is 9.78 Å². The van der Waals surface area contributed by atoms with E-state index in [1.165, 1.54) is 0 Å². The Morgan fingerprint density at radius 3 is 1.19 bits per heavy atom. The van der Waals surface area contributed by atoms with E-state index in [1.54, 1.807) is 0 Å². The minimum absolute atomic E-state index is 0.300. The average Bonchev–Trinajstić information content (AvgIpc) is 2.58. The monoisotopic (exact) mass is 362 g/mol. The van der Waals surface area contributed by atoms with Gasteiger partial charge in [0.15, 0.2) is 11.5 Å². The number of aromatic carboxylic acids is 4. The van der Waals surface area contributed by atoms with E-state index in [2.05, 4.69) is 0 Å². The standard InChI is InChI=1S/C16H10O10/c17-13(18)7-1-3-9(15(21)22)11(5-7)25-26-12-6-8(14(19)20)2-4-10(12)16(23)24/h1-6H,(H,17,18)(H,19,20)(H,21,22)(H,23,24). The van der Waals surface area contributed by atoms with Gasteiger partial charge in [0.05, 0.1) is 11.1 Å². The van der Waals surface area contributed by atoms with Crippen LogP contribution in [0, 0.1) is 0 Å². The first kappa shape index (κ1) is 18.3. The minimum atomic E-state index is -1.45. The number of carboxylic acid groups (broad SMARTS) is 4. The fourth-order valence-corrected chi connectivity index (χ4v) is 1.89. The third kappa shape index (κ3) is 3.87. The van der Waals surface area contributed by atoms with E-state index in [0.29, 0.717) is 0 Å². The molecule has 2 rings (SSSR count). The van der Waals surface area contributed by atoms with Crippen molar-refractivity contribution >= 4 is 23.9 Å². The normalized spacial score (nSPS) is 10.0. The fraction of sp³-hybridized carbons (Fsp3) is 0. The van der Waals surface area contributed by atoms with Crippen LogP contribution in [-0.4, -0.2) is 44.3 Å². The van der Waals surface area contributed by atoms with Gasteiger partial charge < -0.3 is 20.4 Å². The molecule has 0 aliphatic rings. The highest BCUT2D eigenvalue weighted by Crippen LogP contribution is 2.25. The molecule has 0 saturated heterocycles. The van der Waals surface area contributed by atoms with E-state index < -0.39 is 46.5 Å². The maximum atomic E-state index is 11.2. The molecule has 0 unspecified atom stereocenters. The van der Waals surface area contributed by atoms with Crippen molar-refractivity contribution in [2.24, 2.45) is 0 Å². The lowest BCUT2D eigenvalue weighted by atomic mass is 10.1. The number of benzene rings is 2. The highest BCUT2D eigenvalue weighted by Gasteiger charge is 2.19. The van der Waals surface area contributed by atoms with E-state index in [4.69, 9.17) is 30.2 Å². The van der Waals surface area contributed by atoms with Gasteiger partial charge in [0.1, 0.15) is 11.1 Å². The van der Waals surface area contributed by atoms with Gasteiger partial charge in [0.25, 0.3) is 0 Å². The largest absolute Gasteiger partial charge is 0.478 e. The molecule has 0 radical (unpaired) electrons. The van der Waals surface area contributed by atoms with Gasteiger partial charge in [0, 0.05) is 12.1 Å². The molecule has 0 aliphatic carbocycles. The molecule has 0 saturated carbocycles. The van der Waals surface area contributed by atoms with Crippen molar-refractivity contribution in [2.75, 3.05) is 0 Å². The summed E-state index contributed by atoms with van der Waals surface area (Å²) in [5, 5.41) is 36.1. The lowest BCUT2D eigenvalue weighted by molar-refractivity contribution is -0.101. The summed E-state index contributed by atoms with van der Waals surface area (Å²) in [5.74, 6) is -6.61. The molecular formula is C16H10O10. The van der Waals surface area contributed by atoms with Crippen molar-refractivity contribution < 1.29 is 49.4 Å². The van der Waals surface area contributed by atoms with E-state index in [9.17, 15) is 19.2 Å². The van der Waals surface area contributed by atoms with E-state index in [0.717, 1.165) is 36.4 Å². The Bertz CT molecular complexity index is 840. The molecule has 0 aliphatic heterocycles. The molecule has 4 N–H and O–H groups in total. The first-order valence-electron chi connectivity index (χ1n) is 6.76. The van der Waals surface area contributed by atoms with Gasteiger partial charge in [-0.3, -0.25) is 9.78 Å². The fourth-order valence-electron chi connectivity index (χ4n) is 1.89.